The number of hydrogen-bond acceptors (Lipinski definition) is 8. The van der Waals surface area contributed by atoms with Gasteiger partial charge < -0.3 is 20.3 Å². The number of carbonyl (C=O) groups excluding carboxylic acids is 4. The Morgan fingerprint density at radius 3 is 2.49 bits per heavy atom. The van der Waals surface area contributed by atoms with Crippen molar-refractivity contribution in [2.24, 2.45) is 34.5 Å². The molecule has 2 amide bonds. The van der Waals surface area contributed by atoms with Gasteiger partial charge in [-0.2, -0.15) is 0 Å². The number of aliphatic hydroxyl groups excluding tert-OH is 1. The predicted molar refractivity (Wildman–Crippen MR) is 169 cm³/mol. The van der Waals surface area contributed by atoms with E-state index in [9.17, 15) is 29.4 Å². The SMILES string of the molecule is CC(=O)OCC(=O)[C@@]1(O)CC[C@H]2[C@@H]3C[C@H](C)C4=CC(=O)C=C[C@]4(C)[C@H]3[C@@H](O)C[C@@]21C.CON(C)C(=O)Nc1ccc(Cl)c(Cl)c1. The number of Topliss-reactive ketones (excluding diaryl/α,β-unsaturated/α-hetero) is 1. The molecule has 0 radical (unpaired) electrons. The van der Waals surface area contributed by atoms with Gasteiger partial charge in [-0.1, -0.05) is 55.6 Å². The van der Waals surface area contributed by atoms with Gasteiger partial charge in [0, 0.05) is 36.4 Å². The molecule has 0 bridgehead atoms. The van der Waals surface area contributed by atoms with Gasteiger partial charge in [0.2, 0.25) is 5.78 Å². The van der Waals surface area contributed by atoms with Crippen LogP contribution in [-0.2, 0) is 24.0 Å². The van der Waals surface area contributed by atoms with Crippen molar-refractivity contribution in [1.29, 1.82) is 0 Å². The van der Waals surface area contributed by atoms with Gasteiger partial charge in [0.25, 0.3) is 0 Å². The first kappa shape index (κ1) is 35.1. The summed E-state index contributed by atoms with van der Waals surface area (Å²) >= 11 is 11.5. The first-order chi connectivity index (χ1) is 21.0. The smallest absolute Gasteiger partial charge is 0.345 e. The second kappa shape index (κ2) is 13.2. The van der Waals surface area contributed by atoms with Crippen LogP contribution in [-0.4, -0.2) is 71.3 Å². The number of urea groups is 1. The summed E-state index contributed by atoms with van der Waals surface area (Å²) in [5.41, 5.74) is -1.16. The molecule has 246 valence electrons. The third kappa shape index (κ3) is 6.45. The van der Waals surface area contributed by atoms with Gasteiger partial charge in [-0.05, 0) is 73.8 Å². The zero-order valence-corrected chi connectivity index (χ0v) is 27.9. The zero-order chi connectivity index (χ0) is 33.5. The summed E-state index contributed by atoms with van der Waals surface area (Å²) in [5, 5.41) is 27.3. The molecule has 3 N–H and O–H groups in total. The molecule has 1 aromatic carbocycles. The number of halogens is 2. The second-order valence-corrected chi connectivity index (χ2v) is 13.9. The normalized spacial score (nSPS) is 34.7. The maximum atomic E-state index is 12.9. The molecule has 1 aromatic rings. The first-order valence-corrected chi connectivity index (χ1v) is 15.8. The molecule has 45 heavy (non-hydrogen) atoms. The van der Waals surface area contributed by atoms with E-state index in [1.54, 1.807) is 30.4 Å². The third-order valence-electron chi connectivity index (χ3n) is 10.6. The van der Waals surface area contributed by atoms with Gasteiger partial charge in [0.15, 0.2) is 12.4 Å². The van der Waals surface area contributed by atoms with E-state index in [1.807, 2.05) is 13.0 Å². The summed E-state index contributed by atoms with van der Waals surface area (Å²) in [7, 11) is 2.89. The van der Waals surface area contributed by atoms with Crippen LogP contribution in [0, 0.1) is 34.5 Å². The lowest BCUT2D eigenvalue weighted by molar-refractivity contribution is -0.182. The minimum absolute atomic E-state index is 0.00535. The standard InChI is InChI=1S/C24H32O6.C9H10Cl2N2O2/c1-13-9-16-17-6-8-24(29,20(28)12-30-14(2)25)23(17,4)11-19(27)21(16)22(3)7-5-15(26)10-18(13)22;1-13(15-2)9(14)12-6-3-4-7(10)8(11)5-6/h5,7,10,13,16-17,19,21,27,29H,6,8-9,11-12H2,1-4H3;3-5H,1-2H3,(H,12,14)/t13-,16-,17-,19-,21+,22-,23-,24-;/m0./s1. The maximum Gasteiger partial charge on any atom is 0.345 e. The van der Waals surface area contributed by atoms with E-state index in [4.69, 9.17) is 32.8 Å². The lowest BCUT2D eigenvalue weighted by Crippen LogP contribution is -2.62. The summed E-state index contributed by atoms with van der Waals surface area (Å²) in [5.74, 6) is -0.712. The molecule has 3 saturated carbocycles. The number of nitrogens with one attached hydrogen (secondary N) is 1. The molecule has 4 aliphatic carbocycles. The topological polar surface area (TPSA) is 142 Å². The number of ether oxygens (including phenoxy) is 1. The second-order valence-electron chi connectivity index (χ2n) is 13.1. The van der Waals surface area contributed by atoms with Gasteiger partial charge in [-0.3, -0.25) is 19.2 Å². The molecular formula is C33H42Cl2N2O8. The summed E-state index contributed by atoms with van der Waals surface area (Å²) < 4.78 is 4.89. The molecule has 5 rings (SSSR count). The van der Waals surface area contributed by atoms with E-state index >= 15 is 0 Å². The van der Waals surface area contributed by atoms with E-state index in [0.717, 1.165) is 17.1 Å². The van der Waals surface area contributed by atoms with Crippen LogP contribution >= 0.6 is 23.2 Å². The van der Waals surface area contributed by atoms with Crippen LogP contribution in [0.3, 0.4) is 0 Å². The Balaban J connectivity index is 0.000000259. The lowest BCUT2D eigenvalue weighted by atomic mass is 9.45. The van der Waals surface area contributed by atoms with Crippen LogP contribution in [0.1, 0.15) is 53.4 Å². The Morgan fingerprint density at radius 1 is 1.18 bits per heavy atom. The van der Waals surface area contributed by atoms with Crippen molar-refractivity contribution in [3.8, 4) is 0 Å². The van der Waals surface area contributed by atoms with Gasteiger partial charge in [-0.25, -0.2) is 9.86 Å². The van der Waals surface area contributed by atoms with Gasteiger partial charge >= 0.3 is 12.0 Å². The van der Waals surface area contributed by atoms with E-state index in [2.05, 4.69) is 19.2 Å². The number of anilines is 1. The average molecular weight is 666 g/mol. The Morgan fingerprint density at radius 2 is 1.87 bits per heavy atom. The molecule has 0 saturated heterocycles. The van der Waals surface area contributed by atoms with Crippen molar-refractivity contribution >= 4 is 52.5 Å². The largest absolute Gasteiger partial charge is 0.458 e. The molecule has 0 aromatic heterocycles. The summed E-state index contributed by atoms with van der Waals surface area (Å²) in [6.45, 7) is 6.94. The summed E-state index contributed by atoms with van der Waals surface area (Å²) in [6, 6.07) is 4.42. The number of amides is 2. The number of allylic oxidation sites excluding steroid dienone is 4. The quantitative estimate of drug-likeness (QED) is 0.281. The zero-order valence-electron chi connectivity index (χ0n) is 26.4. The fraction of sp³-hybridized carbons (Fsp3) is 0.576. The van der Waals surface area contributed by atoms with E-state index in [1.165, 1.54) is 21.1 Å². The number of esters is 1. The molecule has 8 atom stereocenters. The predicted octanol–water partition coefficient (Wildman–Crippen LogP) is 5.39. The highest BCUT2D eigenvalue weighted by Gasteiger charge is 2.68. The highest BCUT2D eigenvalue weighted by Crippen LogP contribution is 2.67. The number of nitrogens with zero attached hydrogens (tertiary/aromatic N) is 1. The number of hydroxylamine groups is 2. The molecular weight excluding hydrogens is 623 g/mol. The van der Waals surface area contributed by atoms with Crippen LogP contribution in [0.2, 0.25) is 10.0 Å². The number of carbonyl (C=O) groups is 4. The first-order valence-electron chi connectivity index (χ1n) is 15.0. The molecule has 0 heterocycles. The number of fused-ring (bicyclic) bond motifs is 5. The molecule has 0 spiro atoms. The highest BCUT2D eigenvalue weighted by molar-refractivity contribution is 6.42. The van der Waals surface area contributed by atoms with Crippen LogP contribution in [0.4, 0.5) is 10.5 Å². The maximum absolute atomic E-state index is 12.9. The molecule has 0 aliphatic heterocycles. The Bertz CT molecular complexity index is 1430. The molecule has 0 unspecified atom stereocenters. The molecule has 3 fully saturated rings. The van der Waals surface area contributed by atoms with Gasteiger partial charge in [-0.15, -0.1) is 0 Å². The third-order valence-corrected chi connectivity index (χ3v) is 11.3. The molecule has 4 aliphatic rings. The highest BCUT2D eigenvalue weighted by atomic mass is 35.5. The number of hydrogen-bond donors (Lipinski definition) is 3. The van der Waals surface area contributed by atoms with Gasteiger partial charge in [0.1, 0.15) is 5.60 Å². The number of rotatable bonds is 5. The molecule has 12 heteroatoms. The van der Waals surface area contributed by atoms with Crippen LogP contribution in [0.5, 0.6) is 0 Å². The Hall–Kier alpha value is -2.76. The van der Waals surface area contributed by atoms with Crippen molar-refractivity contribution in [3.05, 3.63) is 52.0 Å². The fourth-order valence-electron chi connectivity index (χ4n) is 8.36. The van der Waals surface area contributed by atoms with E-state index in [-0.39, 0.29) is 29.5 Å². The van der Waals surface area contributed by atoms with Crippen molar-refractivity contribution in [3.63, 3.8) is 0 Å². The van der Waals surface area contributed by atoms with Crippen molar-refractivity contribution in [2.75, 3.05) is 26.1 Å². The fourth-order valence-corrected chi connectivity index (χ4v) is 8.66. The van der Waals surface area contributed by atoms with E-state index in [0.29, 0.717) is 35.0 Å². The number of ketones is 2. The minimum Gasteiger partial charge on any atom is -0.458 e. The summed E-state index contributed by atoms with van der Waals surface area (Å²) in [4.78, 5) is 52.2. The Kier molecular flexibility index (Phi) is 10.3. The average Bonchev–Trinajstić information content (AvgIpc) is 3.25. The Labute approximate surface area is 273 Å². The van der Waals surface area contributed by atoms with Crippen LogP contribution < -0.4 is 5.32 Å². The van der Waals surface area contributed by atoms with Crippen molar-refractivity contribution < 1.29 is 39.0 Å². The van der Waals surface area contributed by atoms with Crippen LogP contribution in [0.15, 0.2) is 42.0 Å². The van der Waals surface area contributed by atoms with Crippen molar-refractivity contribution in [1.82, 2.24) is 5.06 Å². The number of aliphatic hydroxyl groups is 2. The lowest BCUT2D eigenvalue weighted by Gasteiger charge is -2.60. The van der Waals surface area contributed by atoms with Crippen molar-refractivity contribution in [2.45, 2.75) is 65.1 Å². The van der Waals surface area contributed by atoms with Crippen LogP contribution in [0.25, 0.3) is 0 Å². The molecule has 10 nitrogen and oxygen atoms in total. The van der Waals surface area contributed by atoms with E-state index < -0.39 is 46.9 Å². The minimum atomic E-state index is -1.61. The number of benzene rings is 1. The summed E-state index contributed by atoms with van der Waals surface area (Å²) in [6.07, 6.45) is 6.71. The van der Waals surface area contributed by atoms with Gasteiger partial charge in [0.05, 0.1) is 23.3 Å². The monoisotopic (exact) mass is 664 g/mol.